The molecule has 2 heterocycles. The number of allylic oxidation sites excluding steroid dienone is 2. The maximum absolute atomic E-state index is 5.30. The zero-order valence-electron chi connectivity index (χ0n) is 8.14. The zero-order valence-corrected chi connectivity index (χ0v) is 8.95. The van der Waals surface area contributed by atoms with Gasteiger partial charge in [-0.2, -0.15) is 0 Å². The Labute approximate surface area is 92.4 Å². The average Bonchev–Trinajstić information content (AvgIpc) is 2.62. The molecular formula is C10H8N4S. The van der Waals surface area contributed by atoms with Crippen molar-refractivity contribution in [1.82, 2.24) is 14.9 Å². The van der Waals surface area contributed by atoms with E-state index in [0.717, 1.165) is 27.5 Å². The fourth-order valence-corrected chi connectivity index (χ4v) is 2.05. The lowest BCUT2D eigenvalue weighted by molar-refractivity contribution is 0.477. The van der Waals surface area contributed by atoms with Crippen molar-refractivity contribution < 1.29 is 0 Å². The van der Waals surface area contributed by atoms with E-state index in [1.165, 1.54) is 6.33 Å². The quantitative estimate of drug-likeness (QED) is 0.601. The van der Waals surface area contributed by atoms with Crippen LogP contribution in [0.2, 0.25) is 0 Å². The molecule has 0 N–H and O–H groups in total. The molecule has 1 aliphatic heterocycles. The Bertz CT molecular complexity index is 518. The highest BCUT2D eigenvalue weighted by molar-refractivity contribution is 7.81. The van der Waals surface area contributed by atoms with Crippen molar-refractivity contribution in [3.8, 4) is 0 Å². The molecule has 1 aromatic heterocycles. The summed E-state index contributed by atoms with van der Waals surface area (Å²) >= 11 is 5.30. The smallest absolute Gasteiger partial charge is 0.116 e. The van der Waals surface area contributed by atoms with Gasteiger partial charge >= 0.3 is 0 Å². The summed E-state index contributed by atoms with van der Waals surface area (Å²) in [6, 6.07) is 0. The fourth-order valence-electron chi connectivity index (χ4n) is 1.79. The van der Waals surface area contributed by atoms with Gasteiger partial charge in [0.25, 0.3) is 0 Å². The van der Waals surface area contributed by atoms with E-state index in [1.807, 2.05) is 13.1 Å². The Morgan fingerprint density at radius 1 is 1.47 bits per heavy atom. The van der Waals surface area contributed by atoms with E-state index in [-0.39, 0.29) is 0 Å². The van der Waals surface area contributed by atoms with Crippen LogP contribution in [0.4, 0.5) is 0 Å². The molecule has 0 saturated carbocycles. The Hall–Kier alpha value is -1.62. The lowest BCUT2D eigenvalue weighted by Gasteiger charge is -2.18. The van der Waals surface area contributed by atoms with E-state index in [0.29, 0.717) is 6.67 Å². The van der Waals surface area contributed by atoms with E-state index in [9.17, 15) is 0 Å². The molecule has 2 aliphatic rings. The van der Waals surface area contributed by atoms with Crippen molar-refractivity contribution >= 4 is 22.8 Å². The van der Waals surface area contributed by atoms with E-state index in [2.05, 4.69) is 19.9 Å². The van der Waals surface area contributed by atoms with Crippen molar-refractivity contribution in [1.29, 1.82) is 0 Å². The highest BCUT2D eigenvalue weighted by Gasteiger charge is 2.28. The normalized spacial score (nSPS) is 18.2. The van der Waals surface area contributed by atoms with E-state index in [1.54, 1.807) is 6.20 Å². The third-order valence-electron chi connectivity index (χ3n) is 2.56. The number of likely N-dealkylation sites (N-methyl/N-ethyl adjacent to an activating group) is 1. The molecule has 0 atom stereocenters. The minimum Gasteiger partial charge on any atom is -0.353 e. The van der Waals surface area contributed by atoms with Gasteiger partial charge in [-0.15, -0.1) is 0 Å². The third-order valence-corrected chi connectivity index (χ3v) is 2.90. The SMILES string of the molecule is CN1CN=C2C1=CC(=S)c1cncnc12. The maximum atomic E-state index is 5.30. The summed E-state index contributed by atoms with van der Waals surface area (Å²) in [5, 5.41) is 0. The molecule has 0 amide bonds. The van der Waals surface area contributed by atoms with Gasteiger partial charge in [0.15, 0.2) is 0 Å². The van der Waals surface area contributed by atoms with Crippen LogP contribution in [-0.4, -0.2) is 39.2 Å². The van der Waals surface area contributed by atoms with Gasteiger partial charge in [-0.25, -0.2) is 9.97 Å². The Morgan fingerprint density at radius 2 is 2.33 bits per heavy atom. The minimum atomic E-state index is 0.674. The predicted molar refractivity (Wildman–Crippen MR) is 61.0 cm³/mol. The predicted octanol–water partition coefficient (Wildman–Crippen LogP) is 0.784. The summed E-state index contributed by atoms with van der Waals surface area (Å²) in [6.45, 7) is 0.674. The molecule has 0 fully saturated rings. The third kappa shape index (κ3) is 1.13. The molecule has 74 valence electrons. The van der Waals surface area contributed by atoms with Gasteiger partial charge in [0.2, 0.25) is 0 Å². The zero-order chi connectivity index (χ0) is 10.4. The molecule has 3 rings (SSSR count). The topological polar surface area (TPSA) is 41.4 Å². The molecule has 4 nitrogen and oxygen atoms in total. The first-order valence-electron chi connectivity index (χ1n) is 4.60. The number of aliphatic imine (C=N–C) groups is 1. The van der Waals surface area contributed by atoms with Crippen LogP contribution in [-0.2, 0) is 0 Å². The number of rotatable bonds is 0. The number of hydrogen-bond donors (Lipinski definition) is 0. The second-order valence-corrected chi connectivity index (χ2v) is 3.96. The van der Waals surface area contributed by atoms with Gasteiger partial charge in [-0.05, 0) is 6.08 Å². The Balaban J connectivity index is 2.26. The first kappa shape index (κ1) is 8.67. The summed E-state index contributed by atoms with van der Waals surface area (Å²) in [4.78, 5) is 15.5. The molecule has 15 heavy (non-hydrogen) atoms. The largest absolute Gasteiger partial charge is 0.353 e. The van der Waals surface area contributed by atoms with Crippen LogP contribution in [0.15, 0.2) is 29.3 Å². The Morgan fingerprint density at radius 3 is 3.20 bits per heavy atom. The van der Waals surface area contributed by atoms with Crippen LogP contribution in [0.3, 0.4) is 0 Å². The van der Waals surface area contributed by atoms with Crippen molar-refractivity contribution in [2.24, 2.45) is 4.99 Å². The van der Waals surface area contributed by atoms with E-state index < -0.39 is 0 Å². The van der Waals surface area contributed by atoms with E-state index >= 15 is 0 Å². The monoisotopic (exact) mass is 216 g/mol. The van der Waals surface area contributed by atoms with Crippen LogP contribution in [0.25, 0.3) is 0 Å². The average molecular weight is 216 g/mol. The summed E-state index contributed by atoms with van der Waals surface area (Å²) in [5.74, 6) is 0. The van der Waals surface area contributed by atoms with Crippen LogP contribution in [0, 0.1) is 0 Å². The number of fused-ring (bicyclic) bond motifs is 3. The number of thiocarbonyl (C=S) groups is 1. The molecule has 0 saturated heterocycles. The first-order valence-corrected chi connectivity index (χ1v) is 5.00. The van der Waals surface area contributed by atoms with Crippen LogP contribution >= 0.6 is 12.2 Å². The summed E-state index contributed by atoms with van der Waals surface area (Å²) in [6.07, 6.45) is 5.25. The summed E-state index contributed by atoms with van der Waals surface area (Å²) < 4.78 is 0. The highest BCUT2D eigenvalue weighted by atomic mass is 32.1. The lowest BCUT2D eigenvalue weighted by atomic mass is 9.99. The van der Waals surface area contributed by atoms with Gasteiger partial charge in [0.1, 0.15) is 24.4 Å². The molecular weight excluding hydrogens is 208 g/mol. The standard InChI is InChI=1S/C10H8N4S/c1-14-5-13-10-7(14)2-8(15)6-3-11-4-12-9(6)10/h2-4H,5H2,1H3. The Kier molecular flexibility index (Phi) is 1.70. The van der Waals surface area contributed by atoms with Crippen LogP contribution in [0.5, 0.6) is 0 Å². The van der Waals surface area contributed by atoms with Crippen LogP contribution in [0.1, 0.15) is 11.3 Å². The summed E-state index contributed by atoms with van der Waals surface area (Å²) in [5.41, 5.74) is 3.76. The van der Waals surface area contributed by atoms with Crippen molar-refractivity contribution in [3.05, 3.63) is 35.6 Å². The van der Waals surface area contributed by atoms with Gasteiger partial charge in [0.05, 0.1) is 10.6 Å². The molecule has 0 unspecified atom stereocenters. The molecule has 5 heteroatoms. The number of aromatic nitrogens is 2. The van der Waals surface area contributed by atoms with Crippen molar-refractivity contribution in [2.45, 2.75) is 0 Å². The van der Waals surface area contributed by atoms with Crippen molar-refractivity contribution in [3.63, 3.8) is 0 Å². The highest BCUT2D eigenvalue weighted by Crippen LogP contribution is 2.25. The summed E-state index contributed by atoms with van der Waals surface area (Å²) in [7, 11) is 2.00. The second-order valence-electron chi connectivity index (χ2n) is 3.52. The first-order chi connectivity index (χ1) is 7.27. The molecule has 1 aromatic rings. The fraction of sp³-hybridized carbons (Fsp3) is 0.200. The number of nitrogens with zero attached hydrogens (tertiary/aromatic N) is 4. The number of hydrogen-bond acceptors (Lipinski definition) is 5. The molecule has 0 aromatic carbocycles. The maximum Gasteiger partial charge on any atom is 0.116 e. The molecule has 1 aliphatic carbocycles. The van der Waals surface area contributed by atoms with E-state index in [4.69, 9.17) is 12.2 Å². The minimum absolute atomic E-state index is 0.674. The van der Waals surface area contributed by atoms with Gasteiger partial charge in [-0.3, -0.25) is 4.99 Å². The van der Waals surface area contributed by atoms with Crippen LogP contribution < -0.4 is 0 Å². The lowest BCUT2D eigenvalue weighted by Crippen LogP contribution is -2.23. The van der Waals surface area contributed by atoms with Gasteiger partial charge in [-0.1, -0.05) is 12.2 Å². The second kappa shape index (κ2) is 2.93. The van der Waals surface area contributed by atoms with Crippen molar-refractivity contribution in [2.75, 3.05) is 13.7 Å². The van der Waals surface area contributed by atoms with Gasteiger partial charge in [0, 0.05) is 18.8 Å². The van der Waals surface area contributed by atoms with Gasteiger partial charge < -0.3 is 4.90 Å². The molecule has 0 radical (unpaired) electrons. The molecule has 0 spiro atoms. The molecule has 0 bridgehead atoms.